The maximum Gasteiger partial charge on any atom is 0.331 e. The monoisotopic (exact) mass is 576 g/mol. The summed E-state index contributed by atoms with van der Waals surface area (Å²) in [7, 11) is 0. The van der Waals surface area contributed by atoms with Crippen molar-refractivity contribution in [1.29, 1.82) is 0 Å². The number of carbonyl (C=O) groups is 2. The van der Waals surface area contributed by atoms with Crippen LogP contribution in [0, 0.1) is 40.4 Å². The second-order valence-electron chi connectivity index (χ2n) is 11.6. The molecular weight excluding hydrogens is 540 g/mol. The second kappa shape index (κ2) is 11.8. The van der Waals surface area contributed by atoms with E-state index in [0.717, 1.165) is 12.8 Å². The molecule has 2 aliphatic rings. The van der Waals surface area contributed by atoms with Gasteiger partial charge in [0.25, 0.3) is 5.69 Å². The van der Waals surface area contributed by atoms with Crippen LogP contribution in [0.15, 0.2) is 24.4 Å². The zero-order chi connectivity index (χ0) is 30.1. The molecule has 1 aromatic carbocycles. The lowest BCUT2D eigenvalue weighted by Crippen LogP contribution is -2.37. The zero-order valence-corrected chi connectivity index (χ0v) is 24.3. The number of H-pyrrole nitrogens is 1. The van der Waals surface area contributed by atoms with Crippen LogP contribution in [0.3, 0.4) is 0 Å². The normalized spacial score (nSPS) is 23.0. The topological polar surface area (TPSA) is 136 Å². The number of nitro benzene ring substituents is 1. The first-order valence-electron chi connectivity index (χ1n) is 14.5. The molecule has 222 valence electrons. The third-order valence-corrected chi connectivity index (χ3v) is 8.54. The molecular formula is C30H36N6O6. The van der Waals surface area contributed by atoms with Gasteiger partial charge in [-0.05, 0) is 62.5 Å². The average molecular weight is 577 g/mol. The number of esters is 2. The van der Waals surface area contributed by atoms with Gasteiger partial charge < -0.3 is 14.4 Å². The molecule has 12 heteroatoms. The van der Waals surface area contributed by atoms with Gasteiger partial charge in [0.2, 0.25) is 5.69 Å². The molecule has 42 heavy (non-hydrogen) atoms. The molecule has 1 aliphatic heterocycles. The van der Waals surface area contributed by atoms with Crippen molar-refractivity contribution in [2.75, 3.05) is 24.6 Å². The van der Waals surface area contributed by atoms with E-state index >= 15 is 0 Å². The van der Waals surface area contributed by atoms with Gasteiger partial charge in [-0.2, -0.15) is 0 Å². The highest BCUT2D eigenvalue weighted by Crippen LogP contribution is 2.38. The van der Waals surface area contributed by atoms with E-state index in [-0.39, 0.29) is 52.4 Å². The number of nitro groups is 1. The van der Waals surface area contributed by atoms with Crippen molar-refractivity contribution in [3.05, 3.63) is 51.5 Å². The standard InChI is InChI=1S/C30H36N6O6/c1-6-41-29(37)20-9-11-34(12-10-20)23-8-7-21(15-24(23)36(39)40)27-32-28-25(22(31-5)16-35(28)33-27)30(38)42-26-18(3)13-17(2)14-19(26)4/h7-8,15-20,26H,6,9-14H2,1-4H3,(H,32,33). The Balaban J connectivity index is 1.40. The van der Waals surface area contributed by atoms with Crippen LogP contribution in [0.25, 0.3) is 21.9 Å². The Kier molecular flexibility index (Phi) is 8.20. The number of piperidine rings is 1. The van der Waals surface area contributed by atoms with Gasteiger partial charge in [0.05, 0.1) is 24.0 Å². The van der Waals surface area contributed by atoms with Gasteiger partial charge in [-0.25, -0.2) is 14.6 Å². The van der Waals surface area contributed by atoms with Crippen LogP contribution >= 0.6 is 0 Å². The van der Waals surface area contributed by atoms with Crippen molar-refractivity contribution in [3.8, 4) is 11.4 Å². The fourth-order valence-electron chi connectivity index (χ4n) is 6.64. The molecule has 0 amide bonds. The molecule has 1 aliphatic carbocycles. The van der Waals surface area contributed by atoms with E-state index < -0.39 is 10.9 Å². The highest BCUT2D eigenvalue weighted by atomic mass is 16.6. The van der Waals surface area contributed by atoms with Gasteiger partial charge in [-0.1, -0.05) is 20.8 Å². The van der Waals surface area contributed by atoms with Crippen LogP contribution in [0.5, 0.6) is 0 Å². The highest BCUT2D eigenvalue weighted by molar-refractivity contribution is 6.03. The molecule has 0 spiro atoms. The summed E-state index contributed by atoms with van der Waals surface area (Å²) in [6, 6.07) is 4.87. The van der Waals surface area contributed by atoms with Gasteiger partial charge >= 0.3 is 11.9 Å². The van der Waals surface area contributed by atoms with Crippen molar-refractivity contribution in [2.45, 2.75) is 59.5 Å². The number of hydrogen-bond acceptors (Lipinski definition) is 8. The smallest absolute Gasteiger partial charge is 0.331 e. The lowest BCUT2D eigenvalue weighted by molar-refractivity contribution is -0.384. The number of rotatable bonds is 7. The summed E-state index contributed by atoms with van der Waals surface area (Å²) in [5, 5.41) is 15.1. The Morgan fingerprint density at radius 1 is 1.19 bits per heavy atom. The molecule has 3 heterocycles. The third kappa shape index (κ3) is 5.55. The summed E-state index contributed by atoms with van der Waals surface area (Å²) in [6.07, 6.45) is 4.28. The first-order valence-corrected chi connectivity index (χ1v) is 14.5. The largest absolute Gasteiger partial charge is 0.466 e. The minimum Gasteiger partial charge on any atom is -0.466 e. The van der Waals surface area contributed by atoms with Crippen LogP contribution in [0.2, 0.25) is 0 Å². The summed E-state index contributed by atoms with van der Waals surface area (Å²) in [6.45, 7) is 17.1. The van der Waals surface area contributed by atoms with E-state index in [9.17, 15) is 19.7 Å². The van der Waals surface area contributed by atoms with Crippen LogP contribution in [0.4, 0.5) is 17.1 Å². The third-order valence-electron chi connectivity index (χ3n) is 8.54. The quantitative estimate of drug-likeness (QED) is 0.161. The van der Waals surface area contributed by atoms with Crippen molar-refractivity contribution in [1.82, 2.24) is 14.6 Å². The molecule has 2 fully saturated rings. The van der Waals surface area contributed by atoms with E-state index in [0.29, 0.717) is 55.5 Å². The number of ether oxygens (including phenoxy) is 2. The molecule has 5 rings (SSSR count). The molecule has 0 bridgehead atoms. The highest BCUT2D eigenvalue weighted by Gasteiger charge is 2.36. The summed E-state index contributed by atoms with van der Waals surface area (Å²) in [4.78, 5) is 47.2. The van der Waals surface area contributed by atoms with Crippen LogP contribution in [-0.4, -0.2) is 57.3 Å². The maximum atomic E-state index is 13.4. The number of nitrogens with zero attached hydrogens (tertiary/aromatic N) is 5. The Bertz CT molecular complexity index is 1530. The minimum absolute atomic E-state index is 0.0841. The molecule has 3 aromatic rings. The van der Waals surface area contributed by atoms with E-state index in [1.54, 1.807) is 19.1 Å². The summed E-state index contributed by atoms with van der Waals surface area (Å²) in [5.74, 6) is 0.260. The van der Waals surface area contributed by atoms with Crippen molar-refractivity contribution in [3.63, 3.8) is 0 Å². The van der Waals surface area contributed by atoms with Crippen LogP contribution in [0.1, 0.15) is 63.7 Å². The summed E-state index contributed by atoms with van der Waals surface area (Å²) in [5.41, 5.74) is 1.29. The van der Waals surface area contributed by atoms with Gasteiger partial charge in [0.15, 0.2) is 11.5 Å². The van der Waals surface area contributed by atoms with Gasteiger partial charge in [-0.15, -0.1) is 0 Å². The number of anilines is 1. The summed E-state index contributed by atoms with van der Waals surface area (Å²) >= 11 is 0. The lowest BCUT2D eigenvalue weighted by Gasteiger charge is -2.37. The fraction of sp³-hybridized carbons (Fsp3) is 0.533. The molecule has 2 aromatic heterocycles. The molecule has 2 unspecified atom stereocenters. The predicted octanol–water partition coefficient (Wildman–Crippen LogP) is 5.80. The van der Waals surface area contributed by atoms with E-state index in [1.807, 2.05) is 4.90 Å². The van der Waals surface area contributed by atoms with Gasteiger partial charge in [-0.3, -0.25) is 24.5 Å². The number of aromatic nitrogens is 3. The van der Waals surface area contributed by atoms with Gasteiger partial charge in [0.1, 0.15) is 17.4 Å². The molecule has 1 N–H and O–H groups in total. The number of benzene rings is 1. The number of nitrogens with one attached hydrogen (secondary N) is 1. The van der Waals surface area contributed by atoms with Crippen LogP contribution < -0.4 is 4.90 Å². The first kappa shape index (κ1) is 29.1. The molecule has 12 nitrogen and oxygen atoms in total. The predicted molar refractivity (Wildman–Crippen MR) is 155 cm³/mol. The second-order valence-corrected chi connectivity index (χ2v) is 11.6. The average Bonchev–Trinajstić information content (AvgIpc) is 3.52. The first-order chi connectivity index (χ1) is 20.1. The van der Waals surface area contributed by atoms with Crippen LogP contribution in [-0.2, 0) is 14.3 Å². The Morgan fingerprint density at radius 3 is 2.50 bits per heavy atom. The number of carbonyl (C=O) groups excluding carboxylic acids is 2. The van der Waals surface area contributed by atoms with Crippen molar-refractivity contribution >= 4 is 34.6 Å². The minimum atomic E-state index is -0.590. The molecule has 2 atom stereocenters. The SMILES string of the molecule is [C-]#[N+]c1cn2[nH]c(-c3ccc(N4CCC(C(=O)OCC)CC4)c([N+](=O)[O-])c3)nc2c1C(=O)OC1C(C)CC(C)CC1C. The van der Waals surface area contributed by atoms with Crippen molar-refractivity contribution in [2.24, 2.45) is 23.7 Å². The van der Waals surface area contributed by atoms with E-state index in [1.165, 1.54) is 16.8 Å². The molecule has 0 radical (unpaired) electrons. The molecule has 1 saturated carbocycles. The Labute approximate surface area is 243 Å². The van der Waals surface area contributed by atoms with E-state index in [2.05, 4.69) is 35.7 Å². The Morgan fingerprint density at radius 2 is 1.88 bits per heavy atom. The lowest BCUT2D eigenvalue weighted by atomic mass is 9.75. The number of fused-ring (bicyclic) bond motifs is 1. The maximum absolute atomic E-state index is 13.4. The number of aromatic amines is 1. The fourth-order valence-corrected chi connectivity index (χ4v) is 6.64. The van der Waals surface area contributed by atoms with E-state index in [4.69, 9.17) is 16.0 Å². The molecule has 1 saturated heterocycles. The van der Waals surface area contributed by atoms with Crippen molar-refractivity contribution < 1.29 is 24.0 Å². The summed E-state index contributed by atoms with van der Waals surface area (Å²) < 4.78 is 12.6. The Hall–Kier alpha value is -4.40. The van der Waals surface area contributed by atoms with Gasteiger partial charge in [0, 0.05) is 30.9 Å². The zero-order valence-electron chi connectivity index (χ0n) is 24.3. The number of hydrogen-bond donors (Lipinski definition) is 1.